The Labute approximate surface area is 118 Å². The molecule has 1 saturated carbocycles. The maximum absolute atomic E-state index is 11.2. The van der Waals surface area contributed by atoms with Crippen molar-refractivity contribution in [2.24, 2.45) is 0 Å². The molecule has 1 aromatic rings. The highest BCUT2D eigenvalue weighted by molar-refractivity contribution is 6.32. The number of hydrogen-bond acceptors (Lipinski definition) is 4. The molecule has 1 aliphatic rings. The molecule has 0 amide bonds. The fraction of sp³-hybridized carbons (Fsp3) is 0.500. The first-order chi connectivity index (χ1) is 9.19. The van der Waals surface area contributed by atoms with Crippen LogP contribution in [0.2, 0.25) is 5.02 Å². The van der Waals surface area contributed by atoms with E-state index in [9.17, 15) is 4.79 Å². The third kappa shape index (κ3) is 4.73. The van der Waals surface area contributed by atoms with Crippen molar-refractivity contribution in [3.05, 3.63) is 28.8 Å². The lowest BCUT2D eigenvalue weighted by Crippen LogP contribution is -2.16. The third-order valence-electron chi connectivity index (χ3n) is 2.82. The molecule has 0 atom stereocenters. The van der Waals surface area contributed by atoms with Crippen molar-refractivity contribution in [2.45, 2.75) is 32.4 Å². The van der Waals surface area contributed by atoms with Crippen molar-refractivity contribution in [2.75, 3.05) is 13.2 Å². The number of ether oxygens (including phenoxy) is 2. The van der Waals surface area contributed by atoms with E-state index in [1.807, 2.05) is 12.1 Å². The van der Waals surface area contributed by atoms with Crippen molar-refractivity contribution < 1.29 is 14.3 Å². The number of rotatable bonds is 7. The number of halogens is 1. The summed E-state index contributed by atoms with van der Waals surface area (Å²) in [6.07, 6.45) is 2.52. The summed E-state index contributed by atoms with van der Waals surface area (Å²) in [4.78, 5) is 11.2. The Morgan fingerprint density at radius 1 is 1.47 bits per heavy atom. The van der Waals surface area contributed by atoms with Crippen molar-refractivity contribution in [3.8, 4) is 5.75 Å². The van der Waals surface area contributed by atoms with Crippen LogP contribution < -0.4 is 10.1 Å². The van der Waals surface area contributed by atoms with Crippen LogP contribution in [0.15, 0.2) is 18.2 Å². The summed E-state index contributed by atoms with van der Waals surface area (Å²) in [5, 5.41) is 3.93. The predicted molar refractivity (Wildman–Crippen MR) is 73.4 cm³/mol. The number of hydrogen-bond donors (Lipinski definition) is 1. The van der Waals surface area contributed by atoms with Crippen molar-refractivity contribution in [1.29, 1.82) is 0 Å². The maximum Gasteiger partial charge on any atom is 0.344 e. The van der Waals surface area contributed by atoms with Crippen molar-refractivity contribution in [3.63, 3.8) is 0 Å². The lowest BCUT2D eigenvalue weighted by atomic mass is 10.2. The Bertz CT molecular complexity index is 446. The van der Waals surface area contributed by atoms with Crippen LogP contribution in [0.3, 0.4) is 0 Å². The molecule has 0 radical (unpaired) electrons. The predicted octanol–water partition coefficient (Wildman–Crippen LogP) is 2.53. The Morgan fingerprint density at radius 3 is 2.89 bits per heavy atom. The van der Waals surface area contributed by atoms with Gasteiger partial charge in [-0.3, -0.25) is 0 Å². The van der Waals surface area contributed by atoms with E-state index in [1.54, 1.807) is 13.0 Å². The van der Waals surface area contributed by atoms with Crippen molar-refractivity contribution >= 4 is 17.6 Å². The largest absolute Gasteiger partial charge is 0.480 e. The maximum atomic E-state index is 11.2. The SMILES string of the molecule is CCOC(=O)COc1ccc(CNC2CC2)cc1Cl. The lowest BCUT2D eigenvalue weighted by Gasteiger charge is -2.09. The van der Waals surface area contributed by atoms with Crippen LogP contribution in [-0.2, 0) is 16.1 Å². The van der Waals surface area contributed by atoms with Gasteiger partial charge in [0.2, 0.25) is 0 Å². The first-order valence-electron chi connectivity index (χ1n) is 6.49. The van der Waals surface area contributed by atoms with E-state index in [1.165, 1.54) is 12.8 Å². The molecule has 1 N–H and O–H groups in total. The van der Waals surface area contributed by atoms with Gasteiger partial charge in [0.15, 0.2) is 6.61 Å². The highest BCUT2D eigenvalue weighted by Crippen LogP contribution is 2.26. The standard InChI is InChI=1S/C14H18ClNO3/c1-2-18-14(17)9-19-13-6-3-10(7-12(13)15)8-16-11-4-5-11/h3,6-7,11,16H,2,4-5,8-9H2,1H3. The second-order valence-corrected chi connectivity index (χ2v) is 4.92. The molecule has 0 spiro atoms. The topological polar surface area (TPSA) is 47.6 Å². The van der Waals surface area contributed by atoms with Crippen molar-refractivity contribution in [1.82, 2.24) is 5.32 Å². The van der Waals surface area contributed by atoms with Gasteiger partial charge in [0, 0.05) is 12.6 Å². The van der Waals surface area contributed by atoms with Crippen LogP contribution in [0.1, 0.15) is 25.3 Å². The van der Waals surface area contributed by atoms with E-state index in [-0.39, 0.29) is 6.61 Å². The summed E-state index contributed by atoms with van der Waals surface area (Å²) in [6, 6.07) is 6.25. The van der Waals surface area contributed by atoms with Gasteiger partial charge in [0.05, 0.1) is 11.6 Å². The molecule has 0 heterocycles. The molecule has 0 aromatic heterocycles. The summed E-state index contributed by atoms with van der Waals surface area (Å²) in [5.41, 5.74) is 1.11. The zero-order valence-corrected chi connectivity index (χ0v) is 11.7. The first kappa shape index (κ1) is 14.2. The van der Waals surface area contributed by atoms with Gasteiger partial charge in [0.1, 0.15) is 5.75 Å². The molecule has 0 aliphatic heterocycles. The Kier molecular flexibility index (Phi) is 5.05. The van der Waals surface area contributed by atoms with Gasteiger partial charge in [0.25, 0.3) is 0 Å². The number of esters is 1. The van der Waals surface area contributed by atoms with Crippen LogP contribution in [0.5, 0.6) is 5.75 Å². The van der Waals surface area contributed by atoms with Gasteiger partial charge < -0.3 is 14.8 Å². The summed E-state index contributed by atoms with van der Waals surface area (Å²) in [7, 11) is 0. The molecule has 0 bridgehead atoms. The number of carbonyl (C=O) groups excluding carboxylic acids is 1. The van der Waals surface area contributed by atoms with Gasteiger partial charge in [-0.05, 0) is 37.5 Å². The van der Waals surface area contributed by atoms with Gasteiger partial charge in [-0.15, -0.1) is 0 Å². The van der Waals surface area contributed by atoms with Crippen LogP contribution in [0.25, 0.3) is 0 Å². The fourth-order valence-corrected chi connectivity index (χ4v) is 1.92. The quantitative estimate of drug-likeness (QED) is 0.781. The minimum Gasteiger partial charge on any atom is -0.480 e. The second-order valence-electron chi connectivity index (χ2n) is 4.51. The van der Waals surface area contributed by atoms with E-state index in [0.29, 0.717) is 23.4 Å². The minimum atomic E-state index is -0.391. The highest BCUT2D eigenvalue weighted by Gasteiger charge is 2.20. The van der Waals surface area contributed by atoms with E-state index in [4.69, 9.17) is 21.1 Å². The average molecular weight is 284 g/mol. The monoisotopic (exact) mass is 283 g/mol. The normalized spacial score (nSPS) is 14.2. The average Bonchev–Trinajstić information content (AvgIpc) is 3.19. The summed E-state index contributed by atoms with van der Waals surface area (Å²) in [5.74, 6) is 0.114. The van der Waals surface area contributed by atoms with E-state index in [2.05, 4.69) is 5.32 Å². The number of carbonyl (C=O) groups is 1. The number of nitrogens with one attached hydrogen (secondary N) is 1. The van der Waals surface area contributed by atoms with Crippen LogP contribution in [0, 0.1) is 0 Å². The zero-order chi connectivity index (χ0) is 13.7. The third-order valence-corrected chi connectivity index (χ3v) is 3.11. The fourth-order valence-electron chi connectivity index (χ4n) is 1.66. The van der Waals surface area contributed by atoms with Crippen LogP contribution in [0.4, 0.5) is 0 Å². The van der Waals surface area contributed by atoms with Crippen LogP contribution in [-0.4, -0.2) is 25.2 Å². The van der Waals surface area contributed by atoms with Gasteiger partial charge in [-0.25, -0.2) is 4.79 Å². The molecule has 0 unspecified atom stereocenters. The summed E-state index contributed by atoms with van der Waals surface area (Å²) < 4.78 is 10.1. The Morgan fingerprint density at radius 2 is 2.26 bits per heavy atom. The molecule has 0 saturated heterocycles. The van der Waals surface area contributed by atoms with E-state index < -0.39 is 5.97 Å². The molecule has 1 aromatic carbocycles. The molecule has 19 heavy (non-hydrogen) atoms. The Hall–Kier alpha value is -1.26. The minimum absolute atomic E-state index is 0.118. The molecule has 1 aliphatic carbocycles. The molecule has 5 heteroatoms. The van der Waals surface area contributed by atoms with E-state index in [0.717, 1.165) is 12.1 Å². The zero-order valence-electron chi connectivity index (χ0n) is 10.9. The van der Waals surface area contributed by atoms with Gasteiger partial charge in [-0.2, -0.15) is 0 Å². The molecule has 1 fully saturated rings. The molecular formula is C14H18ClNO3. The highest BCUT2D eigenvalue weighted by atomic mass is 35.5. The summed E-state index contributed by atoms with van der Waals surface area (Å²) in [6.45, 7) is 2.80. The van der Waals surface area contributed by atoms with Crippen LogP contribution >= 0.6 is 11.6 Å². The Balaban J connectivity index is 1.84. The second kappa shape index (κ2) is 6.78. The summed E-state index contributed by atoms with van der Waals surface area (Å²) >= 11 is 6.12. The molecular weight excluding hydrogens is 266 g/mol. The van der Waals surface area contributed by atoms with Gasteiger partial charge in [-0.1, -0.05) is 17.7 Å². The molecule has 2 rings (SSSR count). The number of benzene rings is 1. The molecule has 104 valence electrons. The van der Waals surface area contributed by atoms with E-state index >= 15 is 0 Å². The lowest BCUT2D eigenvalue weighted by molar-refractivity contribution is -0.145. The molecule has 4 nitrogen and oxygen atoms in total. The van der Waals surface area contributed by atoms with Gasteiger partial charge >= 0.3 is 5.97 Å². The smallest absolute Gasteiger partial charge is 0.344 e. The first-order valence-corrected chi connectivity index (χ1v) is 6.87.